The smallest absolute Gasteiger partial charge is 0.269 e. The number of non-ortho nitro benzene ring substituents is 1. The molecule has 0 unspecified atom stereocenters. The standard InChI is InChI=1S/C14H18N4O3/c1-10(2)14-16-13(21-17-14)4-3-9-15-11-5-7-12(8-6-11)18(19)20/h5-8,10,15H,3-4,9H2,1-2H3. The topological polar surface area (TPSA) is 94.1 Å². The summed E-state index contributed by atoms with van der Waals surface area (Å²) in [5, 5.41) is 17.6. The largest absolute Gasteiger partial charge is 0.385 e. The molecule has 0 radical (unpaired) electrons. The highest BCUT2D eigenvalue weighted by Gasteiger charge is 2.09. The molecule has 0 spiro atoms. The van der Waals surface area contributed by atoms with Gasteiger partial charge in [-0.15, -0.1) is 0 Å². The molecule has 0 aliphatic carbocycles. The lowest BCUT2D eigenvalue weighted by molar-refractivity contribution is -0.384. The normalized spacial score (nSPS) is 10.8. The van der Waals surface area contributed by atoms with Gasteiger partial charge in [-0.2, -0.15) is 4.98 Å². The van der Waals surface area contributed by atoms with Crippen molar-refractivity contribution in [2.45, 2.75) is 32.6 Å². The van der Waals surface area contributed by atoms with Gasteiger partial charge in [-0.3, -0.25) is 10.1 Å². The Morgan fingerprint density at radius 1 is 1.33 bits per heavy atom. The van der Waals surface area contributed by atoms with Crippen LogP contribution in [0, 0.1) is 10.1 Å². The van der Waals surface area contributed by atoms with Crippen LogP contribution in [0.5, 0.6) is 0 Å². The number of benzene rings is 1. The molecular weight excluding hydrogens is 272 g/mol. The van der Waals surface area contributed by atoms with Crippen molar-refractivity contribution in [2.75, 3.05) is 11.9 Å². The highest BCUT2D eigenvalue weighted by molar-refractivity contribution is 5.48. The first-order valence-electron chi connectivity index (χ1n) is 6.87. The van der Waals surface area contributed by atoms with E-state index in [1.807, 2.05) is 13.8 Å². The second-order valence-electron chi connectivity index (χ2n) is 5.04. The van der Waals surface area contributed by atoms with Crippen LogP contribution < -0.4 is 5.32 Å². The maximum Gasteiger partial charge on any atom is 0.269 e. The van der Waals surface area contributed by atoms with Crippen LogP contribution in [0.3, 0.4) is 0 Å². The molecule has 1 aromatic heterocycles. The van der Waals surface area contributed by atoms with Crippen molar-refractivity contribution in [2.24, 2.45) is 0 Å². The lowest BCUT2D eigenvalue weighted by atomic mass is 10.2. The van der Waals surface area contributed by atoms with Gasteiger partial charge in [0.15, 0.2) is 5.82 Å². The quantitative estimate of drug-likeness (QED) is 0.478. The van der Waals surface area contributed by atoms with Gasteiger partial charge in [0, 0.05) is 36.7 Å². The molecule has 0 aliphatic heterocycles. The van der Waals surface area contributed by atoms with Crippen molar-refractivity contribution in [3.05, 3.63) is 46.1 Å². The van der Waals surface area contributed by atoms with Gasteiger partial charge in [-0.05, 0) is 18.6 Å². The van der Waals surface area contributed by atoms with Crippen LogP contribution in [0.15, 0.2) is 28.8 Å². The third-order valence-electron chi connectivity index (χ3n) is 2.97. The number of nitro benzene ring substituents is 1. The van der Waals surface area contributed by atoms with Gasteiger partial charge in [0.25, 0.3) is 5.69 Å². The van der Waals surface area contributed by atoms with Crippen molar-refractivity contribution in [1.29, 1.82) is 0 Å². The maximum atomic E-state index is 10.5. The minimum Gasteiger partial charge on any atom is -0.385 e. The average Bonchev–Trinajstić information content (AvgIpc) is 2.93. The van der Waals surface area contributed by atoms with Crippen LogP contribution >= 0.6 is 0 Å². The summed E-state index contributed by atoms with van der Waals surface area (Å²) < 4.78 is 5.16. The van der Waals surface area contributed by atoms with Gasteiger partial charge >= 0.3 is 0 Å². The van der Waals surface area contributed by atoms with E-state index in [0.717, 1.165) is 24.5 Å². The Hall–Kier alpha value is -2.44. The highest BCUT2D eigenvalue weighted by Crippen LogP contribution is 2.15. The molecule has 1 N–H and O–H groups in total. The molecule has 0 atom stereocenters. The van der Waals surface area contributed by atoms with Crippen LogP contribution in [0.4, 0.5) is 11.4 Å². The van der Waals surface area contributed by atoms with E-state index >= 15 is 0 Å². The number of aryl methyl sites for hydroxylation is 1. The van der Waals surface area contributed by atoms with Gasteiger partial charge in [0.2, 0.25) is 5.89 Å². The fraction of sp³-hybridized carbons (Fsp3) is 0.429. The average molecular weight is 290 g/mol. The summed E-state index contributed by atoms with van der Waals surface area (Å²) in [5.41, 5.74) is 0.946. The van der Waals surface area contributed by atoms with E-state index in [0.29, 0.717) is 12.3 Å². The fourth-order valence-electron chi connectivity index (χ4n) is 1.78. The molecule has 112 valence electrons. The first-order valence-corrected chi connectivity index (χ1v) is 6.87. The minimum absolute atomic E-state index is 0.0904. The second kappa shape index (κ2) is 6.83. The molecule has 7 nitrogen and oxygen atoms in total. The number of aromatic nitrogens is 2. The Bertz CT molecular complexity index is 593. The number of nitrogens with zero attached hydrogens (tertiary/aromatic N) is 3. The fourth-order valence-corrected chi connectivity index (χ4v) is 1.78. The predicted octanol–water partition coefficient (Wildman–Crippen LogP) is 3.15. The molecule has 0 bridgehead atoms. The third-order valence-corrected chi connectivity index (χ3v) is 2.97. The second-order valence-corrected chi connectivity index (χ2v) is 5.04. The molecule has 1 aromatic carbocycles. The lowest BCUT2D eigenvalue weighted by Crippen LogP contribution is -2.03. The van der Waals surface area contributed by atoms with Gasteiger partial charge in [-0.1, -0.05) is 19.0 Å². The Balaban J connectivity index is 1.75. The Labute approximate surface area is 122 Å². The van der Waals surface area contributed by atoms with E-state index in [9.17, 15) is 10.1 Å². The minimum atomic E-state index is -0.411. The number of nitrogens with one attached hydrogen (secondary N) is 1. The monoisotopic (exact) mass is 290 g/mol. The number of hydrogen-bond acceptors (Lipinski definition) is 6. The molecule has 0 fully saturated rings. The van der Waals surface area contributed by atoms with E-state index in [2.05, 4.69) is 15.5 Å². The summed E-state index contributed by atoms with van der Waals surface area (Å²) in [4.78, 5) is 14.4. The molecule has 21 heavy (non-hydrogen) atoms. The number of hydrogen-bond donors (Lipinski definition) is 1. The molecule has 1 heterocycles. The van der Waals surface area contributed by atoms with E-state index in [1.165, 1.54) is 12.1 Å². The van der Waals surface area contributed by atoms with Gasteiger partial charge < -0.3 is 9.84 Å². The summed E-state index contributed by atoms with van der Waals surface area (Å²) in [6, 6.07) is 6.36. The zero-order chi connectivity index (χ0) is 15.2. The van der Waals surface area contributed by atoms with Crippen molar-refractivity contribution < 1.29 is 9.45 Å². The van der Waals surface area contributed by atoms with Crippen molar-refractivity contribution in [3.8, 4) is 0 Å². The Morgan fingerprint density at radius 2 is 2.05 bits per heavy atom. The molecule has 0 aliphatic rings. The molecule has 0 saturated heterocycles. The first-order chi connectivity index (χ1) is 10.1. The van der Waals surface area contributed by atoms with Crippen LogP contribution in [0.2, 0.25) is 0 Å². The summed E-state index contributed by atoms with van der Waals surface area (Å²) in [6.07, 6.45) is 1.55. The van der Waals surface area contributed by atoms with E-state index < -0.39 is 4.92 Å². The van der Waals surface area contributed by atoms with E-state index in [4.69, 9.17) is 4.52 Å². The van der Waals surface area contributed by atoms with E-state index in [-0.39, 0.29) is 11.6 Å². The zero-order valence-corrected chi connectivity index (χ0v) is 12.1. The Kier molecular flexibility index (Phi) is 4.86. The molecule has 0 amide bonds. The molecule has 2 aromatic rings. The van der Waals surface area contributed by atoms with Gasteiger partial charge in [0.1, 0.15) is 0 Å². The summed E-state index contributed by atoms with van der Waals surface area (Å²) in [7, 11) is 0. The van der Waals surface area contributed by atoms with Crippen LogP contribution in [0.25, 0.3) is 0 Å². The van der Waals surface area contributed by atoms with Crippen LogP contribution in [-0.2, 0) is 6.42 Å². The summed E-state index contributed by atoms with van der Waals surface area (Å²) in [5.74, 6) is 1.64. The van der Waals surface area contributed by atoms with Gasteiger partial charge in [-0.25, -0.2) is 0 Å². The van der Waals surface area contributed by atoms with Crippen LogP contribution in [-0.4, -0.2) is 21.6 Å². The van der Waals surface area contributed by atoms with Crippen molar-refractivity contribution in [3.63, 3.8) is 0 Å². The summed E-state index contributed by atoms with van der Waals surface area (Å²) in [6.45, 7) is 4.77. The lowest BCUT2D eigenvalue weighted by Gasteiger charge is -2.04. The first kappa shape index (κ1) is 15.0. The van der Waals surface area contributed by atoms with Crippen LogP contribution in [0.1, 0.15) is 37.9 Å². The zero-order valence-electron chi connectivity index (χ0n) is 12.1. The third kappa shape index (κ3) is 4.27. The SMILES string of the molecule is CC(C)c1noc(CCCNc2ccc([N+](=O)[O-])cc2)n1. The highest BCUT2D eigenvalue weighted by atomic mass is 16.6. The van der Waals surface area contributed by atoms with E-state index in [1.54, 1.807) is 12.1 Å². The molecule has 2 rings (SSSR count). The molecular formula is C14H18N4O3. The van der Waals surface area contributed by atoms with Crippen molar-refractivity contribution in [1.82, 2.24) is 10.1 Å². The molecule has 7 heteroatoms. The Morgan fingerprint density at radius 3 is 2.62 bits per heavy atom. The summed E-state index contributed by atoms with van der Waals surface area (Å²) >= 11 is 0. The number of rotatable bonds is 7. The predicted molar refractivity (Wildman–Crippen MR) is 78.3 cm³/mol. The van der Waals surface area contributed by atoms with Gasteiger partial charge in [0.05, 0.1) is 4.92 Å². The van der Waals surface area contributed by atoms with Crippen molar-refractivity contribution >= 4 is 11.4 Å². The molecule has 0 saturated carbocycles. The number of anilines is 1. The number of nitro groups is 1. The maximum absolute atomic E-state index is 10.5.